The zero-order valence-corrected chi connectivity index (χ0v) is 9.44. The zero-order chi connectivity index (χ0) is 10.1. The molecule has 0 bridgehead atoms. The van der Waals surface area contributed by atoms with E-state index in [0.717, 1.165) is 18.8 Å². The van der Waals surface area contributed by atoms with Crippen molar-refractivity contribution in [3.63, 3.8) is 0 Å². The Morgan fingerprint density at radius 1 is 1.08 bits per heavy atom. The summed E-state index contributed by atoms with van der Waals surface area (Å²) in [5, 5.41) is 0. The minimum absolute atomic E-state index is 0.340. The number of hydrogen-bond acceptors (Lipinski definition) is 1. The SMILES string of the molecule is CCCC(CCC)CCCC(C)=O. The third kappa shape index (κ3) is 8.01. The van der Waals surface area contributed by atoms with Gasteiger partial charge in [0.1, 0.15) is 5.78 Å². The summed E-state index contributed by atoms with van der Waals surface area (Å²) >= 11 is 0. The minimum atomic E-state index is 0.340. The Morgan fingerprint density at radius 2 is 1.62 bits per heavy atom. The lowest BCUT2D eigenvalue weighted by atomic mass is 9.92. The Bertz CT molecular complexity index is 123. The topological polar surface area (TPSA) is 17.1 Å². The van der Waals surface area contributed by atoms with Crippen molar-refractivity contribution in [1.82, 2.24) is 0 Å². The van der Waals surface area contributed by atoms with E-state index in [1.165, 1.54) is 32.1 Å². The number of rotatable bonds is 8. The molecule has 0 spiro atoms. The predicted molar refractivity (Wildman–Crippen MR) is 57.8 cm³/mol. The van der Waals surface area contributed by atoms with Gasteiger partial charge in [-0.25, -0.2) is 0 Å². The van der Waals surface area contributed by atoms with Crippen LogP contribution in [0.3, 0.4) is 0 Å². The lowest BCUT2D eigenvalue weighted by Gasteiger charge is -2.14. The van der Waals surface area contributed by atoms with E-state index in [-0.39, 0.29) is 0 Å². The van der Waals surface area contributed by atoms with Crippen LogP contribution in [0.25, 0.3) is 0 Å². The van der Waals surface area contributed by atoms with Gasteiger partial charge in [0.05, 0.1) is 0 Å². The van der Waals surface area contributed by atoms with E-state index in [9.17, 15) is 4.79 Å². The summed E-state index contributed by atoms with van der Waals surface area (Å²) in [4.78, 5) is 10.7. The van der Waals surface area contributed by atoms with Gasteiger partial charge in [-0.05, 0) is 19.3 Å². The van der Waals surface area contributed by atoms with Gasteiger partial charge in [0.2, 0.25) is 0 Å². The molecular weight excluding hydrogens is 160 g/mol. The maximum Gasteiger partial charge on any atom is 0.129 e. The predicted octanol–water partition coefficient (Wildman–Crippen LogP) is 3.96. The van der Waals surface area contributed by atoms with Gasteiger partial charge in [0.25, 0.3) is 0 Å². The fourth-order valence-electron chi connectivity index (χ4n) is 1.89. The molecule has 1 nitrogen and oxygen atoms in total. The average Bonchev–Trinajstić information content (AvgIpc) is 2.04. The van der Waals surface area contributed by atoms with Gasteiger partial charge in [-0.1, -0.05) is 46.0 Å². The first-order chi connectivity index (χ1) is 6.20. The summed E-state index contributed by atoms with van der Waals surface area (Å²) in [6, 6.07) is 0. The Balaban J connectivity index is 3.49. The summed E-state index contributed by atoms with van der Waals surface area (Å²) in [6.45, 7) is 6.18. The summed E-state index contributed by atoms with van der Waals surface area (Å²) in [5.74, 6) is 1.21. The second-order valence-corrected chi connectivity index (χ2v) is 4.04. The highest BCUT2D eigenvalue weighted by atomic mass is 16.1. The molecule has 0 saturated heterocycles. The quantitative estimate of drug-likeness (QED) is 0.558. The highest BCUT2D eigenvalue weighted by Gasteiger charge is 2.06. The van der Waals surface area contributed by atoms with Crippen molar-refractivity contribution in [1.29, 1.82) is 0 Å². The molecule has 0 aromatic rings. The molecule has 78 valence electrons. The standard InChI is InChI=1S/C12H24O/c1-4-7-12(8-5-2)10-6-9-11(3)13/h12H,4-10H2,1-3H3. The third-order valence-electron chi connectivity index (χ3n) is 2.54. The molecule has 1 heteroatoms. The minimum Gasteiger partial charge on any atom is -0.300 e. The first kappa shape index (κ1) is 12.7. The molecule has 0 fully saturated rings. The zero-order valence-electron chi connectivity index (χ0n) is 9.44. The monoisotopic (exact) mass is 184 g/mol. The van der Waals surface area contributed by atoms with E-state index in [1.807, 2.05) is 0 Å². The van der Waals surface area contributed by atoms with Gasteiger partial charge < -0.3 is 4.79 Å². The Morgan fingerprint density at radius 3 is 2.00 bits per heavy atom. The van der Waals surface area contributed by atoms with Crippen LogP contribution in [0.15, 0.2) is 0 Å². The van der Waals surface area contributed by atoms with Gasteiger partial charge in [0.15, 0.2) is 0 Å². The van der Waals surface area contributed by atoms with Gasteiger partial charge in [-0.2, -0.15) is 0 Å². The average molecular weight is 184 g/mol. The summed E-state index contributed by atoms with van der Waals surface area (Å²) in [7, 11) is 0. The van der Waals surface area contributed by atoms with Crippen molar-refractivity contribution in [2.24, 2.45) is 5.92 Å². The maximum absolute atomic E-state index is 10.7. The van der Waals surface area contributed by atoms with E-state index in [2.05, 4.69) is 13.8 Å². The van der Waals surface area contributed by atoms with Crippen molar-refractivity contribution in [3.05, 3.63) is 0 Å². The van der Waals surface area contributed by atoms with Crippen LogP contribution in [-0.4, -0.2) is 5.78 Å². The van der Waals surface area contributed by atoms with Gasteiger partial charge in [0, 0.05) is 6.42 Å². The number of Topliss-reactive ketones (excluding diaryl/α,β-unsaturated/α-hetero) is 1. The number of carbonyl (C=O) groups excluding carboxylic acids is 1. The summed E-state index contributed by atoms with van der Waals surface area (Å²) < 4.78 is 0. The molecule has 0 aliphatic heterocycles. The largest absolute Gasteiger partial charge is 0.300 e. The van der Waals surface area contributed by atoms with Crippen molar-refractivity contribution in [2.45, 2.75) is 65.7 Å². The number of hydrogen-bond donors (Lipinski definition) is 0. The molecule has 0 unspecified atom stereocenters. The summed E-state index contributed by atoms with van der Waals surface area (Å²) in [5.41, 5.74) is 0. The lowest BCUT2D eigenvalue weighted by Crippen LogP contribution is -2.01. The molecule has 0 amide bonds. The second-order valence-electron chi connectivity index (χ2n) is 4.04. The van der Waals surface area contributed by atoms with Crippen LogP contribution in [-0.2, 0) is 4.79 Å². The molecule has 0 aliphatic carbocycles. The molecule has 0 saturated carbocycles. The van der Waals surface area contributed by atoms with E-state index in [4.69, 9.17) is 0 Å². The molecule has 0 aromatic carbocycles. The van der Waals surface area contributed by atoms with Crippen LogP contribution in [0.2, 0.25) is 0 Å². The third-order valence-corrected chi connectivity index (χ3v) is 2.54. The van der Waals surface area contributed by atoms with Crippen molar-refractivity contribution in [2.75, 3.05) is 0 Å². The van der Waals surface area contributed by atoms with E-state index >= 15 is 0 Å². The molecule has 0 heterocycles. The first-order valence-electron chi connectivity index (χ1n) is 5.70. The smallest absolute Gasteiger partial charge is 0.129 e. The van der Waals surface area contributed by atoms with E-state index in [0.29, 0.717) is 5.78 Å². The molecule has 0 aliphatic rings. The van der Waals surface area contributed by atoms with Crippen molar-refractivity contribution in [3.8, 4) is 0 Å². The van der Waals surface area contributed by atoms with Gasteiger partial charge in [-0.3, -0.25) is 0 Å². The number of ketones is 1. The van der Waals surface area contributed by atoms with Crippen LogP contribution in [0, 0.1) is 5.92 Å². The van der Waals surface area contributed by atoms with E-state index in [1.54, 1.807) is 6.92 Å². The van der Waals surface area contributed by atoms with Gasteiger partial charge >= 0.3 is 0 Å². The second kappa shape index (κ2) is 8.28. The van der Waals surface area contributed by atoms with E-state index < -0.39 is 0 Å². The molecular formula is C12H24O. The van der Waals surface area contributed by atoms with Crippen LogP contribution in [0.4, 0.5) is 0 Å². The van der Waals surface area contributed by atoms with Crippen LogP contribution in [0.5, 0.6) is 0 Å². The van der Waals surface area contributed by atoms with Crippen molar-refractivity contribution < 1.29 is 4.79 Å². The molecule has 0 radical (unpaired) electrons. The Hall–Kier alpha value is -0.330. The van der Waals surface area contributed by atoms with Crippen LogP contribution >= 0.6 is 0 Å². The fraction of sp³-hybridized carbons (Fsp3) is 0.917. The molecule has 0 rings (SSSR count). The lowest BCUT2D eigenvalue weighted by molar-refractivity contribution is -0.117. The Kier molecular flexibility index (Phi) is 8.07. The van der Waals surface area contributed by atoms with Crippen LogP contribution < -0.4 is 0 Å². The highest BCUT2D eigenvalue weighted by Crippen LogP contribution is 2.19. The highest BCUT2D eigenvalue weighted by molar-refractivity contribution is 5.75. The summed E-state index contributed by atoms with van der Waals surface area (Å²) in [6.07, 6.45) is 8.37. The molecule has 0 atom stereocenters. The molecule has 0 aromatic heterocycles. The maximum atomic E-state index is 10.7. The fourth-order valence-corrected chi connectivity index (χ4v) is 1.89. The van der Waals surface area contributed by atoms with Crippen molar-refractivity contribution >= 4 is 5.78 Å². The normalized spacial score (nSPS) is 10.8. The Labute approximate surface area is 82.9 Å². The van der Waals surface area contributed by atoms with Crippen LogP contribution in [0.1, 0.15) is 65.7 Å². The van der Waals surface area contributed by atoms with Gasteiger partial charge in [-0.15, -0.1) is 0 Å². The molecule has 13 heavy (non-hydrogen) atoms. The number of carbonyl (C=O) groups is 1. The molecule has 0 N–H and O–H groups in total. The first-order valence-corrected chi connectivity index (χ1v) is 5.70.